The van der Waals surface area contributed by atoms with Crippen molar-refractivity contribution in [3.63, 3.8) is 0 Å². The lowest BCUT2D eigenvalue weighted by Gasteiger charge is -2.32. The van der Waals surface area contributed by atoms with E-state index >= 15 is 0 Å². The maximum Gasteiger partial charge on any atom is 0.498 e. The normalized spacial score (nSPS) is 17.8. The number of anilines is 1. The van der Waals surface area contributed by atoms with Gasteiger partial charge in [-0.15, -0.1) is 0 Å². The molecule has 8 heteroatoms. The highest BCUT2D eigenvalue weighted by Crippen LogP contribution is 2.37. The highest BCUT2D eigenvalue weighted by molar-refractivity contribution is 6.63. The molecule has 2 aromatic rings. The van der Waals surface area contributed by atoms with E-state index in [1.54, 1.807) is 7.11 Å². The van der Waals surface area contributed by atoms with Gasteiger partial charge >= 0.3 is 7.12 Å². The monoisotopic (exact) mass is 371 g/mol. The topological polar surface area (TPSA) is 74.7 Å². The number of methoxy groups -OCH3 is 1. The average molecular weight is 371 g/mol. The van der Waals surface area contributed by atoms with Crippen LogP contribution in [0.1, 0.15) is 27.7 Å². The molecule has 0 spiro atoms. The molecule has 1 aliphatic rings. The van der Waals surface area contributed by atoms with Crippen LogP contribution in [0.5, 0.6) is 5.75 Å². The molecule has 1 aromatic heterocycles. The number of ether oxygens (including phenoxy) is 2. The Morgan fingerprint density at radius 2 is 1.78 bits per heavy atom. The Morgan fingerprint density at radius 3 is 2.41 bits per heavy atom. The van der Waals surface area contributed by atoms with E-state index in [0.29, 0.717) is 5.75 Å². The quantitative estimate of drug-likeness (QED) is 0.618. The number of hydrogen-bond acceptors (Lipinski definition) is 7. The molecule has 144 valence electrons. The van der Waals surface area contributed by atoms with Gasteiger partial charge in [0.1, 0.15) is 17.9 Å². The summed E-state index contributed by atoms with van der Waals surface area (Å²) in [6.45, 7) is 8.23. The van der Waals surface area contributed by atoms with Gasteiger partial charge in [0.25, 0.3) is 0 Å². The number of benzene rings is 1. The Bertz CT molecular complexity index is 797. The molecule has 1 saturated heterocycles. The van der Waals surface area contributed by atoms with E-state index in [2.05, 4.69) is 15.3 Å². The minimum absolute atomic E-state index is 0.126. The first-order chi connectivity index (χ1) is 12.8. The molecule has 1 aliphatic heterocycles. The van der Waals surface area contributed by atoms with Crippen molar-refractivity contribution in [1.82, 2.24) is 9.97 Å². The fourth-order valence-electron chi connectivity index (χ4n) is 2.76. The predicted molar refractivity (Wildman–Crippen MR) is 105 cm³/mol. The fraction of sp³-hybridized carbons (Fsp3) is 0.474. The van der Waals surface area contributed by atoms with E-state index in [1.807, 2.05) is 59.0 Å². The van der Waals surface area contributed by atoms with Gasteiger partial charge in [0.2, 0.25) is 0 Å². The standard InChI is InChI=1S/C19H26BN3O4/c1-18(2)19(3,4)27-20(26-18)14-8-7-13(9-16(14)25-12-24-6)15-10-17(21-5)23-11-22-15/h7-11H,12H2,1-6H3,(H,21,22,23). The van der Waals surface area contributed by atoms with E-state index < -0.39 is 18.3 Å². The summed E-state index contributed by atoms with van der Waals surface area (Å²) < 4.78 is 23.2. The summed E-state index contributed by atoms with van der Waals surface area (Å²) in [6, 6.07) is 7.72. The zero-order valence-corrected chi connectivity index (χ0v) is 16.7. The Kier molecular flexibility index (Phi) is 5.42. The van der Waals surface area contributed by atoms with E-state index in [1.165, 1.54) is 6.33 Å². The smallest absolute Gasteiger partial charge is 0.468 e. The van der Waals surface area contributed by atoms with Crippen LogP contribution in [0.3, 0.4) is 0 Å². The second-order valence-electron chi connectivity index (χ2n) is 7.43. The van der Waals surface area contributed by atoms with E-state index in [9.17, 15) is 0 Å². The van der Waals surface area contributed by atoms with Gasteiger partial charge in [-0.2, -0.15) is 0 Å². The summed E-state index contributed by atoms with van der Waals surface area (Å²) in [5, 5.41) is 3.02. The molecule has 7 nitrogen and oxygen atoms in total. The summed E-state index contributed by atoms with van der Waals surface area (Å²) in [5.41, 5.74) is 1.65. The summed E-state index contributed by atoms with van der Waals surface area (Å²) in [6.07, 6.45) is 1.53. The van der Waals surface area contributed by atoms with Gasteiger partial charge in [0.05, 0.1) is 16.9 Å². The third kappa shape index (κ3) is 3.92. The minimum Gasteiger partial charge on any atom is -0.468 e. The molecular weight excluding hydrogens is 345 g/mol. The van der Waals surface area contributed by atoms with Crippen molar-refractivity contribution < 1.29 is 18.8 Å². The lowest BCUT2D eigenvalue weighted by atomic mass is 9.77. The molecule has 0 bridgehead atoms. The summed E-state index contributed by atoms with van der Waals surface area (Å²) in [5.74, 6) is 1.38. The third-order valence-electron chi connectivity index (χ3n) is 5.07. The van der Waals surface area contributed by atoms with Crippen LogP contribution in [-0.2, 0) is 14.0 Å². The van der Waals surface area contributed by atoms with Crippen LogP contribution in [0.2, 0.25) is 0 Å². The molecule has 0 radical (unpaired) electrons. The van der Waals surface area contributed by atoms with Gasteiger partial charge in [-0.05, 0) is 33.8 Å². The van der Waals surface area contributed by atoms with Crippen LogP contribution >= 0.6 is 0 Å². The molecule has 27 heavy (non-hydrogen) atoms. The van der Waals surface area contributed by atoms with Crippen LogP contribution < -0.4 is 15.5 Å². The van der Waals surface area contributed by atoms with E-state index in [0.717, 1.165) is 22.5 Å². The third-order valence-corrected chi connectivity index (χ3v) is 5.07. The van der Waals surface area contributed by atoms with Crippen LogP contribution in [0, 0.1) is 0 Å². The molecule has 1 N–H and O–H groups in total. The maximum absolute atomic E-state index is 6.17. The van der Waals surface area contributed by atoms with Gasteiger partial charge in [0.15, 0.2) is 6.79 Å². The second-order valence-corrected chi connectivity index (χ2v) is 7.43. The van der Waals surface area contributed by atoms with Gasteiger partial charge in [-0.25, -0.2) is 9.97 Å². The molecule has 0 atom stereocenters. The van der Waals surface area contributed by atoms with Gasteiger partial charge in [-0.3, -0.25) is 0 Å². The first-order valence-electron chi connectivity index (χ1n) is 8.89. The first-order valence-corrected chi connectivity index (χ1v) is 8.89. The van der Waals surface area contributed by atoms with Crippen LogP contribution in [-0.4, -0.2) is 49.2 Å². The lowest BCUT2D eigenvalue weighted by molar-refractivity contribution is 0.00578. The number of nitrogens with zero attached hydrogens (tertiary/aromatic N) is 2. The van der Waals surface area contributed by atoms with Gasteiger partial charge in [-0.1, -0.05) is 12.1 Å². The lowest BCUT2D eigenvalue weighted by Crippen LogP contribution is -2.41. The molecule has 2 heterocycles. The number of rotatable bonds is 6. The first kappa shape index (κ1) is 19.6. The molecule has 1 aromatic carbocycles. The Balaban J connectivity index is 1.97. The summed E-state index contributed by atoms with van der Waals surface area (Å²) in [4.78, 5) is 8.51. The van der Waals surface area contributed by atoms with Gasteiger partial charge < -0.3 is 24.1 Å². The molecule has 0 aliphatic carbocycles. The van der Waals surface area contributed by atoms with Crippen molar-refractivity contribution in [3.05, 3.63) is 30.6 Å². The minimum atomic E-state index is -0.519. The zero-order valence-electron chi connectivity index (χ0n) is 16.7. The highest BCUT2D eigenvalue weighted by atomic mass is 16.7. The molecular formula is C19H26BN3O4. The van der Waals surface area contributed by atoms with Crippen molar-refractivity contribution in [2.75, 3.05) is 26.3 Å². The SMILES string of the molecule is CNc1cc(-c2ccc(B3OC(C)(C)C(C)(C)O3)c(OCOC)c2)ncn1. The highest BCUT2D eigenvalue weighted by Gasteiger charge is 2.52. The Labute approximate surface area is 160 Å². The van der Waals surface area contributed by atoms with Crippen molar-refractivity contribution in [2.24, 2.45) is 0 Å². The largest absolute Gasteiger partial charge is 0.498 e. The fourth-order valence-corrected chi connectivity index (χ4v) is 2.76. The van der Waals surface area contributed by atoms with E-state index in [-0.39, 0.29) is 6.79 Å². The molecule has 0 unspecified atom stereocenters. The molecule has 0 amide bonds. The maximum atomic E-state index is 6.17. The molecule has 1 fully saturated rings. The Morgan fingerprint density at radius 1 is 1.07 bits per heavy atom. The number of nitrogens with one attached hydrogen (secondary N) is 1. The number of hydrogen-bond donors (Lipinski definition) is 1. The van der Waals surface area contributed by atoms with Crippen LogP contribution in [0.4, 0.5) is 5.82 Å². The second kappa shape index (κ2) is 7.46. The molecule has 0 saturated carbocycles. The summed E-state index contributed by atoms with van der Waals surface area (Å²) in [7, 11) is 2.89. The van der Waals surface area contributed by atoms with Crippen molar-refractivity contribution in [2.45, 2.75) is 38.9 Å². The van der Waals surface area contributed by atoms with Crippen molar-refractivity contribution in [3.8, 4) is 17.0 Å². The van der Waals surface area contributed by atoms with Crippen LogP contribution in [0.15, 0.2) is 30.6 Å². The molecule has 3 rings (SSSR count). The van der Waals surface area contributed by atoms with Gasteiger partial charge in [0, 0.05) is 31.3 Å². The van der Waals surface area contributed by atoms with Crippen LogP contribution in [0.25, 0.3) is 11.3 Å². The van der Waals surface area contributed by atoms with Crippen molar-refractivity contribution in [1.29, 1.82) is 0 Å². The van der Waals surface area contributed by atoms with E-state index in [4.69, 9.17) is 18.8 Å². The predicted octanol–water partition coefficient (Wildman–Crippen LogP) is 2.47. The Hall–Kier alpha value is -2.16. The number of aromatic nitrogens is 2. The summed E-state index contributed by atoms with van der Waals surface area (Å²) >= 11 is 0. The zero-order chi connectivity index (χ0) is 19.7. The average Bonchev–Trinajstić information content (AvgIpc) is 2.87. The van der Waals surface area contributed by atoms with Crippen molar-refractivity contribution >= 4 is 18.4 Å².